The van der Waals surface area contributed by atoms with Gasteiger partial charge in [-0.25, -0.2) is 4.68 Å². The van der Waals surface area contributed by atoms with Crippen molar-refractivity contribution in [1.82, 2.24) is 9.78 Å². The Balaban J connectivity index is 2.19. The second-order valence-corrected chi connectivity index (χ2v) is 5.17. The molecule has 0 radical (unpaired) electrons. The molecule has 2 N–H and O–H groups in total. The van der Waals surface area contributed by atoms with Gasteiger partial charge in [0, 0.05) is 12.1 Å². The third-order valence-electron chi connectivity index (χ3n) is 3.63. The molecular formula is C18H19N3O. The predicted molar refractivity (Wildman–Crippen MR) is 88.2 cm³/mol. The first-order valence-corrected chi connectivity index (χ1v) is 7.22. The molecule has 0 amide bonds. The molecule has 1 aromatic heterocycles. The largest absolute Gasteiger partial charge is 0.494 e. The maximum Gasteiger partial charge on any atom is 0.144 e. The molecule has 0 fully saturated rings. The van der Waals surface area contributed by atoms with Gasteiger partial charge in [-0.15, -0.1) is 0 Å². The van der Waals surface area contributed by atoms with Gasteiger partial charge in [-0.3, -0.25) is 0 Å². The lowest BCUT2D eigenvalue weighted by atomic mass is 10.1. The first kappa shape index (κ1) is 14.4. The number of aryl methyl sites for hydroxylation is 1. The molecule has 1 heterocycles. The lowest BCUT2D eigenvalue weighted by molar-refractivity contribution is 0.412. The molecule has 0 aliphatic heterocycles. The normalized spacial score (nSPS) is 10.7. The second kappa shape index (κ2) is 6.03. The minimum Gasteiger partial charge on any atom is -0.494 e. The number of methoxy groups -OCH3 is 1. The third kappa shape index (κ3) is 2.61. The molecule has 0 aliphatic rings. The van der Waals surface area contributed by atoms with Crippen LogP contribution in [-0.2, 0) is 6.54 Å². The number of nitrogens with two attached hydrogens (primary N) is 1. The molecule has 4 nitrogen and oxygen atoms in total. The summed E-state index contributed by atoms with van der Waals surface area (Å²) in [5.74, 6) is 0.780. The Kier molecular flexibility index (Phi) is 3.94. The lowest BCUT2D eigenvalue weighted by Crippen LogP contribution is -2.03. The van der Waals surface area contributed by atoms with E-state index in [9.17, 15) is 0 Å². The van der Waals surface area contributed by atoms with E-state index in [2.05, 4.69) is 36.3 Å². The molecule has 0 unspecified atom stereocenters. The van der Waals surface area contributed by atoms with Crippen LogP contribution in [0.2, 0.25) is 0 Å². The molecule has 0 spiro atoms. The fourth-order valence-corrected chi connectivity index (χ4v) is 2.45. The molecule has 22 heavy (non-hydrogen) atoms. The van der Waals surface area contributed by atoms with Gasteiger partial charge in [-0.2, -0.15) is 5.10 Å². The molecule has 0 saturated carbocycles. The van der Waals surface area contributed by atoms with Crippen molar-refractivity contribution in [2.45, 2.75) is 13.5 Å². The van der Waals surface area contributed by atoms with E-state index in [4.69, 9.17) is 10.5 Å². The van der Waals surface area contributed by atoms with Crippen molar-refractivity contribution in [2.75, 3.05) is 7.11 Å². The number of rotatable bonds is 4. The first-order valence-electron chi connectivity index (χ1n) is 7.22. The summed E-state index contributed by atoms with van der Waals surface area (Å²) < 4.78 is 7.36. The zero-order valence-electron chi connectivity index (χ0n) is 12.8. The van der Waals surface area contributed by atoms with E-state index in [1.807, 2.05) is 35.0 Å². The van der Waals surface area contributed by atoms with Gasteiger partial charge in [0.1, 0.15) is 11.4 Å². The number of hydrogen-bond donors (Lipinski definition) is 1. The summed E-state index contributed by atoms with van der Waals surface area (Å²) >= 11 is 0. The Morgan fingerprint density at radius 1 is 1.09 bits per heavy atom. The minimum absolute atomic E-state index is 0.404. The Hall–Kier alpha value is -2.59. The number of aromatic nitrogens is 2. The van der Waals surface area contributed by atoms with Gasteiger partial charge in [-0.05, 0) is 25.1 Å². The zero-order chi connectivity index (χ0) is 15.5. The van der Waals surface area contributed by atoms with Crippen molar-refractivity contribution in [3.05, 3.63) is 65.9 Å². The molecular weight excluding hydrogens is 274 g/mol. The molecule has 2 aromatic carbocycles. The van der Waals surface area contributed by atoms with Crippen LogP contribution in [0.3, 0.4) is 0 Å². The van der Waals surface area contributed by atoms with Crippen LogP contribution in [0, 0.1) is 6.92 Å². The van der Waals surface area contributed by atoms with Crippen LogP contribution in [0.15, 0.2) is 54.6 Å². The summed E-state index contributed by atoms with van der Waals surface area (Å²) in [6, 6.07) is 18.2. The van der Waals surface area contributed by atoms with Crippen molar-refractivity contribution in [1.29, 1.82) is 0 Å². The number of benzene rings is 2. The van der Waals surface area contributed by atoms with Crippen molar-refractivity contribution in [3.8, 4) is 22.7 Å². The third-order valence-corrected chi connectivity index (χ3v) is 3.63. The van der Waals surface area contributed by atoms with E-state index >= 15 is 0 Å². The van der Waals surface area contributed by atoms with Crippen LogP contribution in [0.4, 0.5) is 0 Å². The zero-order valence-corrected chi connectivity index (χ0v) is 12.8. The van der Waals surface area contributed by atoms with Crippen LogP contribution < -0.4 is 10.5 Å². The van der Waals surface area contributed by atoms with E-state index in [0.29, 0.717) is 6.54 Å². The van der Waals surface area contributed by atoms with Gasteiger partial charge in [0.05, 0.1) is 18.5 Å². The maximum absolute atomic E-state index is 5.78. The number of para-hydroxylation sites is 2. The van der Waals surface area contributed by atoms with Crippen LogP contribution in [-0.4, -0.2) is 16.9 Å². The van der Waals surface area contributed by atoms with E-state index in [1.54, 1.807) is 7.11 Å². The first-order chi connectivity index (χ1) is 10.7. The monoisotopic (exact) mass is 293 g/mol. The standard InChI is InChI=1S/C18H19N3O/c1-13-7-9-14(10-8-13)17-11-15(12-19)20-21(17)16-5-3-4-6-18(16)22-2/h3-11H,12,19H2,1-2H3. The Bertz CT molecular complexity index is 775. The summed E-state index contributed by atoms with van der Waals surface area (Å²) in [4.78, 5) is 0. The molecule has 4 heteroatoms. The molecule has 112 valence electrons. The number of ether oxygens (including phenoxy) is 1. The number of nitrogens with zero attached hydrogens (tertiary/aromatic N) is 2. The molecule has 0 atom stereocenters. The molecule has 0 aliphatic carbocycles. The highest BCUT2D eigenvalue weighted by Crippen LogP contribution is 2.29. The van der Waals surface area contributed by atoms with Gasteiger partial charge in [0.2, 0.25) is 0 Å². The van der Waals surface area contributed by atoms with Gasteiger partial charge in [-0.1, -0.05) is 42.0 Å². The summed E-state index contributed by atoms with van der Waals surface area (Å²) in [7, 11) is 1.66. The van der Waals surface area contributed by atoms with Crippen molar-refractivity contribution >= 4 is 0 Å². The highest BCUT2D eigenvalue weighted by molar-refractivity contribution is 5.64. The average molecular weight is 293 g/mol. The maximum atomic E-state index is 5.78. The molecule has 0 bridgehead atoms. The predicted octanol–water partition coefficient (Wildman–Crippen LogP) is 3.32. The van der Waals surface area contributed by atoms with Gasteiger partial charge in [0.15, 0.2) is 0 Å². The Morgan fingerprint density at radius 2 is 1.82 bits per heavy atom. The fraction of sp³-hybridized carbons (Fsp3) is 0.167. The van der Waals surface area contributed by atoms with Crippen molar-refractivity contribution < 1.29 is 4.74 Å². The highest BCUT2D eigenvalue weighted by Gasteiger charge is 2.14. The topological polar surface area (TPSA) is 53.1 Å². The van der Waals surface area contributed by atoms with E-state index in [0.717, 1.165) is 28.4 Å². The van der Waals surface area contributed by atoms with E-state index < -0.39 is 0 Å². The molecule has 3 aromatic rings. The molecule has 3 rings (SSSR count). The van der Waals surface area contributed by atoms with E-state index in [1.165, 1.54) is 5.56 Å². The minimum atomic E-state index is 0.404. The summed E-state index contributed by atoms with van der Waals surface area (Å²) in [5, 5.41) is 4.62. The summed E-state index contributed by atoms with van der Waals surface area (Å²) in [6.07, 6.45) is 0. The quantitative estimate of drug-likeness (QED) is 0.803. The SMILES string of the molecule is COc1ccccc1-n1nc(CN)cc1-c1ccc(C)cc1. The second-order valence-electron chi connectivity index (χ2n) is 5.17. The fourth-order valence-electron chi connectivity index (χ4n) is 2.45. The van der Waals surface area contributed by atoms with Crippen LogP contribution in [0.5, 0.6) is 5.75 Å². The van der Waals surface area contributed by atoms with Gasteiger partial charge < -0.3 is 10.5 Å². The van der Waals surface area contributed by atoms with Crippen LogP contribution in [0.1, 0.15) is 11.3 Å². The van der Waals surface area contributed by atoms with Crippen molar-refractivity contribution in [3.63, 3.8) is 0 Å². The van der Waals surface area contributed by atoms with Gasteiger partial charge >= 0.3 is 0 Å². The number of hydrogen-bond acceptors (Lipinski definition) is 3. The average Bonchev–Trinajstić information content (AvgIpc) is 2.99. The Labute approximate surface area is 130 Å². The van der Waals surface area contributed by atoms with Crippen LogP contribution >= 0.6 is 0 Å². The highest BCUT2D eigenvalue weighted by atomic mass is 16.5. The summed E-state index contributed by atoms with van der Waals surface area (Å²) in [6.45, 7) is 2.48. The van der Waals surface area contributed by atoms with Gasteiger partial charge in [0.25, 0.3) is 0 Å². The van der Waals surface area contributed by atoms with Crippen LogP contribution in [0.25, 0.3) is 16.9 Å². The van der Waals surface area contributed by atoms with E-state index in [-0.39, 0.29) is 0 Å². The summed E-state index contributed by atoms with van der Waals surface area (Å²) in [5.41, 5.74) is 10.9. The Morgan fingerprint density at radius 3 is 2.50 bits per heavy atom. The smallest absolute Gasteiger partial charge is 0.144 e. The lowest BCUT2D eigenvalue weighted by Gasteiger charge is -2.11. The van der Waals surface area contributed by atoms with Crippen molar-refractivity contribution in [2.24, 2.45) is 5.73 Å². The molecule has 0 saturated heterocycles.